The highest BCUT2D eigenvalue weighted by atomic mass is 15.1. The molecule has 84 heavy (non-hydrogen) atoms. The minimum atomic E-state index is 0.295. The van der Waals surface area contributed by atoms with Crippen molar-refractivity contribution in [2.24, 2.45) is 0 Å². The van der Waals surface area contributed by atoms with Gasteiger partial charge >= 0.3 is 0 Å². The number of hydrogen-bond acceptors (Lipinski definition) is 4. The van der Waals surface area contributed by atoms with Crippen LogP contribution in [0, 0.1) is 22.7 Å². The maximum atomic E-state index is 10.9. The Kier molecular flexibility index (Phi) is 16.0. The first-order chi connectivity index (χ1) is 41.6. The van der Waals surface area contributed by atoms with Crippen molar-refractivity contribution in [1.29, 1.82) is 10.5 Å². The van der Waals surface area contributed by atoms with E-state index in [0.29, 0.717) is 22.3 Å². The average molecular weight is 1070 g/mol. The van der Waals surface area contributed by atoms with Gasteiger partial charge in [-0.1, -0.05) is 267 Å². The molecule has 0 fully saturated rings. The van der Waals surface area contributed by atoms with Gasteiger partial charge < -0.3 is 9.80 Å². The molecule has 12 aromatic carbocycles. The number of nitrogens with zero attached hydrogens (tertiary/aromatic N) is 4. The zero-order chi connectivity index (χ0) is 56.9. The number of para-hydroxylation sites is 2. The van der Waals surface area contributed by atoms with Crippen molar-refractivity contribution in [1.82, 2.24) is 0 Å². The van der Waals surface area contributed by atoms with E-state index >= 15 is 0 Å². The first kappa shape index (κ1) is 53.1. The van der Waals surface area contributed by atoms with Gasteiger partial charge in [0.15, 0.2) is 0 Å². The second-order valence-corrected chi connectivity index (χ2v) is 20.2. The zero-order valence-corrected chi connectivity index (χ0v) is 46.1. The average Bonchev–Trinajstić information content (AvgIpc) is 2.95. The van der Waals surface area contributed by atoms with E-state index in [1.165, 1.54) is 0 Å². The van der Waals surface area contributed by atoms with Gasteiger partial charge in [0, 0.05) is 34.1 Å². The number of hydrogen-bond donors (Lipinski definition) is 0. The van der Waals surface area contributed by atoms with Crippen molar-refractivity contribution in [2.45, 2.75) is 0 Å². The maximum Gasteiger partial charge on any atom is 0.101 e. The minimum Gasteiger partial charge on any atom is -0.311 e. The fourth-order valence-electron chi connectivity index (χ4n) is 11.1. The monoisotopic (exact) mass is 1070 g/mol. The van der Waals surface area contributed by atoms with Crippen LogP contribution in [0.2, 0.25) is 0 Å². The van der Waals surface area contributed by atoms with Gasteiger partial charge in [-0.3, -0.25) is 0 Å². The molecular weight excluding hydrogens is 1020 g/mol. The maximum absolute atomic E-state index is 10.9. The van der Waals surface area contributed by atoms with E-state index in [1.54, 1.807) is 0 Å². The van der Waals surface area contributed by atoms with E-state index in [0.717, 1.165) is 101 Å². The third-order valence-electron chi connectivity index (χ3n) is 15.0. The fourth-order valence-corrected chi connectivity index (χ4v) is 11.1. The lowest BCUT2D eigenvalue weighted by molar-refractivity contribution is 1.28. The molecule has 0 saturated heterocycles. The number of rotatable bonds is 16. The number of allylic oxidation sites excluding steroid dienone is 2. The third kappa shape index (κ3) is 11.4. The number of nitriles is 2. The van der Waals surface area contributed by atoms with Crippen molar-refractivity contribution >= 4 is 67.6 Å². The molecule has 0 saturated carbocycles. The standard InChI is InChI=1S/C80H56N4/c81-57-75(59-41-49-71(50-42-59)83(69-37-21-7-22-38-69)73-53-45-67(46-54-73)79(65-33-17-5-18-34-65)77(61-25-9-1-10-26-61)62-27-11-2-12-28-62)76(58-82)60-43-51-72(52-44-60)84(70-39-23-8-24-40-70)74-55-47-68(48-56-74)80(66-35-19-6-20-36-66)78(63-29-13-3-14-30-63)64-31-15-4-16-32-64/h1-56H/b76-75+. The summed E-state index contributed by atoms with van der Waals surface area (Å²) >= 11 is 0. The quantitative estimate of drug-likeness (QED) is 0.0715. The van der Waals surface area contributed by atoms with Gasteiger partial charge in [-0.25, -0.2) is 0 Å². The van der Waals surface area contributed by atoms with Gasteiger partial charge in [0.05, 0.1) is 11.1 Å². The lowest BCUT2D eigenvalue weighted by Crippen LogP contribution is -2.10. The molecule has 0 aromatic heterocycles. The van der Waals surface area contributed by atoms with Crippen molar-refractivity contribution in [3.8, 4) is 12.1 Å². The number of anilines is 6. The molecule has 4 nitrogen and oxygen atoms in total. The Hall–Kier alpha value is -11.6. The SMILES string of the molecule is N#C/C(=C(/C#N)c1ccc(N(c2ccccc2)c2ccc(C(=C(c3ccccc3)c3ccccc3)c3ccccc3)cc2)cc1)c1ccc(N(c2ccccc2)c2ccc(C(=C(c3ccccc3)c3ccccc3)c3ccccc3)cc2)cc1. The summed E-state index contributed by atoms with van der Waals surface area (Å²) in [6.45, 7) is 0. The predicted molar refractivity (Wildman–Crippen MR) is 349 cm³/mol. The summed E-state index contributed by atoms with van der Waals surface area (Å²) in [5, 5.41) is 21.7. The van der Waals surface area contributed by atoms with E-state index in [9.17, 15) is 10.5 Å². The van der Waals surface area contributed by atoms with Crippen LogP contribution in [-0.4, -0.2) is 0 Å². The normalized spacial score (nSPS) is 11.0. The second-order valence-electron chi connectivity index (χ2n) is 20.2. The molecule has 0 aliphatic heterocycles. The molecule has 0 radical (unpaired) electrons. The molecule has 12 rings (SSSR count). The Bertz CT molecular complexity index is 3950. The van der Waals surface area contributed by atoms with E-state index < -0.39 is 0 Å². The molecule has 0 N–H and O–H groups in total. The Morgan fingerprint density at radius 2 is 0.333 bits per heavy atom. The van der Waals surface area contributed by atoms with Crippen molar-refractivity contribution < 1.29 is 0 Å². The first-order valence-electron chi connectivity index (χ1n) is 28.1. The molecule has 396 valence electrons. The summed E-state index contributed by atoms with van der Waals surface area (Å²) in [6.07, 6.45) is 0. The molecule has 0 bridgehead atoms. The zero-order valence-electron chi connectivity index (χ0n) is 46.1. The Labute approximate surface area is 492 Å². The summed E-state index contributed by atoms with van der Waals surface area (Å²) in [6, 6.07) is 122. The van der Waals surface area contributed by atoms with Crippen LogP contribution < -0.4 is 9.80 Å². The molecule has 0 unspecified atom stereocenters. The highest BCUT2D eigenvalue weighted by Crippen LogP contribution is 2.43. The highest BCUT2D eigenvalue weighted by molar-refractivity contribution is 6.07. The smallest absolute Gasteiger partial charge is 0.101 e. The van der Waals surface area contributed by atoms with Crippen molar-refractivity contribution in [2.75, 3.05) is 9.80 Å². The van der Waals surface area contributed by atoms with Crippen LogP contribution in [0.5, 0.6) is 0 Å². The predicted octanol–water partition coefficient (Wildman–Crippen LogP) is 20.6. The molecule has 0 amide bonds. The highest BCUT2D eigenvalue weighted by Gasteiger charge is 2.22. The topological polar surface area (TPSA) is 54.1 Å². The number of benzene rings is 12. The summed E-state index contributed by atoms with van der Waals surface area (Å²) in [7, 11) is 0. The Balaban J connectivity index is 0.874. The van der Waals surface area contributed by atoms with Gasteiger partial charge in [0.25, 0.3) is 0 Å². The van der Waals surface area contributed by atoms with Gasteiger partial charge in [0.2, 0.25) is 0 Å². The lowest BCUT2D eigenvalue weighted by atomic mass is 9.86. The van der Waals surface area contributed by atoms with E-state index in [1.807, 2.05) is 84.9 Å². The molecule has 0 heterocycles. The molecule has 0 aliphatic carbocycles. The molecule has 0 spiro atoms. The van der Waals surface area contributed by atoms with Crippen molar-refractivity contribution in [3.05, 3.63) is 395 Å². The third-order valence-corrected chi connectivity index (χ3v) is 15.0. The summed E-state index contributed by atoms with van der Waals surface area (Å²) in [5.74, 6) is 0. The minimum absolute atomic E-state index is 0.295. The largest absolute Gasteiger partial charge is 0.311 e. The molecular formula is C80H56N4. The molecule has 12 aromatic rings. The lowest BCUT2D eigenvalue weighted by Gasteiger charge is -2.26. The molecule has 4 heteroatoms. The Morgan fingerprint density at radius 3 is 0.524 bits per heavy atom. The second kappa shape index (κ2) is 25.3. The van der Waals surface area contributed by atoms with Crippen LogP contribution in [0.1, 0.15) is 55.6 Å². The summed E-state index contributed by atoms with van der Waals surface area (Å²) in [4.78, 5) is 4.43. The first-order valence-corrected chi connectivity index (χ1v) is 28.1. The van der Waals surface area contributed by atoms with E-state index in [-0.39, 0.29) is 0 Å². The van der Waals surface area contributed by atoms with Crippen LogP contribution in [0.4, 0.5) is 34.1 Å². The summed E-state index contributed by atoms with van der Waals surface area (Å²) in [5.41, 5.74) is 21.1. The van der Waals surface area contributed by atoms with Crippen molar-refractivity contribution in [3.63, 3.8) is 0 Å². The van der Waals surface area contributed by atoms with Crippen LogP contribution in [-0.2, 0) is 0 Å². The molecule has 0 atom stereocenters. The van der Waals surface area contributed by atoms with Crippen LogP contribution >= 0.6 is 0 Å². The van der Waals surface area contributed by atoms with Gasteiger partial charge in [-0.15, -0.1) is 0 Å². The summed E-state index contributed by atoms with van der Waals surface area (Å²) < 4.78 is 0. The van der Waals surface area contributed by atoms with E-state index in [4.69, 9.17) is 0 Å². The van der Waals surface area contributed by atoms with Crippen LogP contribution in [0.3, 0.4) is 0 Å². The van der Waals surface area contributed by atoms with Crippen LogP contribution in [0.15, 0.2) is 340 Å². The van der Waals surface area contributed by atoms with E-state index in [2.05, 4.69) is 277 Å². The van der Waals surface area contributed by atoms with Crippen LogP contribution in [0.25, 0.3) is 33.4 Å². The molecule has 0 aliphatic rings. The fraction of sp³-hybridized carbons (Fsp3) is 0. The van der Waals surface area contributed by atoms with Gasteiger partial charge in [-0.2, -0.15) is 10.5 Å². The van der Waals surface area contributed by atoms with Gasteiger partial charge in [0.1, 0.15) is 12.1 Å². The van der Waals surface area contributed by atoms with Gasteiger partial charge in [-0.05, 0) is 151 Å². The Morgan fingerprint density at radius 1 is 0.179 bits per heavy atom.